The van der Waals surface area contributed by atoms with Gasteiger partial charge in [-0.25, -0.2) is 0 Å². The molecule has 2 N–H and O–H groups in total. The van der Waals surface area contributed by atoms with E-state index in [1.54, 1.807) is 0 Å². The normalized spacial score (nSPS) is 10.2. The summed E-state index contributed by atoms with van der Waals surface area (Å²) >= 11 is 3.38. The monoisotopic (exact) mass is 332 g/mol. The second-order valence-corrected chi connectivity index (χ2v) is 5.70. The summed E-state index contributed by atoms with van der Waals surface area (Å²) in [6.45, 7) is 4.28. The molecule has 0 radical (unpaired) electrons. The zero-order chi connectivity index (χ0) is 14.5. The quantitative estimate of drug-likeness (QED) is 0.884. The largest absolute Gasteiger partial charge is 0.376 e. The van der Waals surface area contributed by atoms with Gasteiger partial charge >= 0.3 is 0 Å². The third-order valence-electron chi connectivity index (χ3n) is 2.80. The van der Waals surface area contributed by atoms with Gasteiger partial charge in [-0.2, -0.15) is 0 Å². The van der Waals surface area contributed by atoms with Crippen LogP contribution < -0.4 is 10.6 Å². The molecule has 0 saturated heterocycles. The predicted octanol–water partition coefficient (Wildman–Crippen LogP) is 4.12. The second-order valence-electron chi connectivity index (χ2n) is 4.79. The summed E-state index contributed by atoms with van der Waals surface area (Å²) in [5.41, 5.74) is 4.04. The molecule has 4 heteroatoms. The maximum atomic E-state index is 11.9. The number of hydrogen-bond donors (Lipinski definition) is 2. The third kappa shape index (κ3) is 4.38. The number of carbonyl (C=O) groups is 1. The molecule has 0 aromatic heterocycles. The Balaban J connectivity index is 1.90. The Morgan fingerprint density at radius 2 is 1.60 bits per heavy atom. The van der Waals surface area contributed by atoms with Crippen molar-refractivity contribution in [2.24, 2.45) is 0 Å². The van der Waals surface area contributed by atoms with E-state index < -0.39 is 0 Å². The molecule has 0 heterocycles. The van der Waals surface area contributed by atoms with E-state index in [1.165, 1.54) is 0 Å². The minimum Gasteiger partial charge on any atom is -0.376 e. The van der Waals surface area contributed by atoms with Crippen LogP contribution in [0.2, 0.25) is 0 Å². The minimum atomic E-state index is -0.0575. The lowest BCUT2D eigenvalue weighted by atomic mass is 10.1. The van der Waals surface area contributed by atoms with Crippen LogP contribution in [0, 0.1) is 13.8 Å². The number of nitrogens with one attached hydrogen (secondary N) is 2. The lowest BCUT2D eigenvalue weighted by Gasteiger charge is -2.09. The SMILES string of the molecule is Cc1cc(C)cc(NC(=O)CNc2ccc(Br)cc2)c1. The van der Waals surface area contributed by atoms with Crippen molar-refractivity contribution in [1.29, 1.82) is 0 Å². The van der Waals surface area contributed by atoms with Crippen LogP contribution in [0.15, 0.2) is 46.9 Å². The summed E-state index contributed by atoms with van der Waals surface area (Å²) in [7, 11) is 0. The summed E-state index contributed by atoms with van der Waals surface area (Å²) in [5.74, 6) is -0.0575. The fourth-order valence-corrected chi connectivity index (χ4v) is 2.27. The second kappa shape index (κ2) is 6.57. The van der Waals surface area contributed by atoms with Gasteiger partial charge in [0.05, 0.1) is 6.54 Å². The van der Waals surface area contributed by atoms with Crippen molar-refractivity contribution in [3.05, 3.63) is 58.1 Å². The van der Waals surface area contributed by atoms with Crippen LogP contribution >= 0.6 is 15.9 Å². The highest BCUT2D eigenvalue weighted by atomic mass is 79.9. The molecule has 20 heavy (non-hydrogen) atoms. The fraction of sp³-hybridized carbons (Fsp3) is 0.188. The Labute approximate surface area is 127 Å². The molecule has 0 aliphatic carbocycles. The van der Waals surface area contributed by atoms with E-state index >= 15 is 0 Å². The average molecular weight is 333 g/mol. The van der Waals surface area contributed by atoms with Gasteiger partial charge in [-0.05, 0) is 61.4 Å². The van der Waals surface area contributed by atoms with Crippen molar-refractivity contribution in [2.45, 2.75) is 13.8 Å². The molecule has 3 nitrogen and oxygen atoms in total. The first-order chi connectivity index (χ1) is 9.52. The van der Waals surface area contributed by atoms with Crippen LogP contribution in [-0.2, 0) is 4.79 Å². The van der Waals surface area contributed by atoms with Crippen molar-refractivity contribution in [1.82, 2.24) is 0 Å². The first-order valence-corrected chi connectivity index (χ1v) is 7.20. The molecule has 0 bridgehead atoms. The molecule has 0 aliphatic rings. The van der Waals surface area contributed by atoms with E-state index in [4.69, 9.17) is 0 Å². The molecule has 0 spiro atoms. The Kier molecular flexibility index (Phi) is 4.79. The van der Waals surface area contributed by atoms with Gasteiger partial charge in [0.1, 0.15) is 0 Å². The van der Waals surface area contributed by atoms with Crippen molar-refractivity contribution in [2.75, 3.05) is 17.2 Å². The molecular weight excluding hydrogens is 316 g/mol. The van der Waals surface area contributed by atoms with E-state index in [2.05, 4.69) is 32.6 Å². The van der Waals surface area contributed by atoms with Crippen molar-refractivity contribution < 1.29 is 4.79 Å². The number of anilines is 2. The number of benzene rings is 2. The molecule has 0 unspecified atom stereocenters. The van der Waals surface area contributed by atoms with Crippen LogP contribution in [0.5, 0.6) is 0 Å². The standard InChI is InChI=1S/C16H17BrN2O/c1-11-7-12(2)9-15(8-11)19-16(20)10-18-14-5-3-13(17)4-6-14/h3-9,18H,10H2,1-2H3,(H,19,20). The van der Waals surface area contributed by atoms with Crippen LogP contribution in [0.3, 0.4) is 0 Å². The zero-order valence-electron chi connectivity index (χ0n) is 11.5. The van der Waals surface area contributed by atoms with Crippen LogP contribution in [0.25, 0.3) is 0 Å². The highest BCUT2D eigenvalue weighted by molar-refractivity contribution is 9.10. The molecular formula is C16H17BrN2O. The number of halogens is 1. The molecule has 104 valence electrons. The van der Waals surface area contributed by atoms with E-state index in [1.807, 2.05) is 50.2 Å². The topological polar surface area (TPSA) is 41.1 Å². The molecule has 2 rings (SSSR count). The van der Waals surface area contributed by atoms with Crippen LogP contribution in [0.4, 0.5) is 11.4 Å². The Bertz CT molecular complexity index is 588. The van der Waals surface area contributed by atoms with Gasteiger partial charge in [0, 0.05) is 15.8 Å². The van der Waals surface area contributed by atoms with Crippen molar-refractivity contribution in [3.8, 4) is 0 Å². The smallest absolute Gasteiger partial charge is 0.243 e. The summed E-state index contributed by atoms with van der Waals surface area (Å²) in [4.78, 5) is 11.9. The minimum absolute atomic E-state index is 0.0575. The van der Waals surface area contributed by atoms with E-state index in [9.17, 15) is 4.79 Å². The molecule has 0 atom stereocenters. The summed E-state index contributed by atoms with van der Waals surface area (Å²) in [6, 6.07) is 13.7. The van der Waals surface area contributed by atoms with E-state index in [0.717, 1.165) is 27.0 Å². The van der Waals surface area contributed by atoms with Gasteiger partial charge < -0.3 is 10.6 Å². The van der Waals surface area contributed by atoms with Gasteiger partial charge in [0.15, 0.2) is 0 Å². The molecule has 0 aliphatic heterocycles. The maximum Gasteiger partial charge on any atom is 0.243 e. The highest BCUT2D eigenvalue weighted by Gasteiger charge is 2.03. The first kappa shape index (κ1) is 14.6. The van der Waals surface area contributed by atoms with E-state index in [0.29, 0.717) is 0 Å². The fourth-order valence-electron chi connectivity index (χ4n) is 2.00. The van der Waals surface area contributed by atoms with Crippen molar-refractivity contribution in [3.63, 3.8) is 0 Å². The molecule has 0 saturated carbocycles. The maximum absolute atomic E-state index is 11.9. The lowest BCUT2D eigenvalue weighted by Crippen LogP contribution is -2.21. The third-order valence-corrected chi connectivity index (χ3v) is 3.33. The van der Waals surface area contributed by atoms with Gasteiger partial charge in [0.25, 0.3) is 0 Å². The Hall–Kier alpha value is -1.81. The van der Waals surface area contributed by atoms with Gasteiger partial charge in [0.2, 0.25) is 5.91 Å². The molecule has 1 amide bonds. The lowest BCUT2D eigenvalue weighted by molar-refractivity contribution is -0.114. The average Bonchev–Trinajstić information content (AvgIpc) is 2.37. The molecule has 2 aromatic carbocycles. The van der Waals surface area contributed by atoms with Crippen LogP contribution in [0.1, 0.15) is 11.1 Å². The number of aryl methyl sites for hydroxylation is 2. The predicted molar refractivity (Wildman–Crippen MR) is 87.2 cm³/mol. The summed E-state index contributed by atoms with van der Waals surface area (Å²) in [6.07, 6.45) is 0. The number of amides is 1. The molecule has 2 aromatic rings. The zero-order valence-corrected chi connectivity index (χ0v) is 13.1. The summed E-state index contributed by atoms with van der Waals surface area (Å²) < 4.78 is 1.02. The number of carbonyl (C=O) groups excluding carboxylic acids is 1. The Morgan fingerprint density at radius 1 is 1.00 bits per heavy atom. The first-order valence-electron chi connectivity index (χ1n) is 6.40. The van der Waals surface area contributed by atoms with Gasteiger partial charge in [-0.15, -0.1) is 0 Å². The van der Waals surface area contributed by atoms with Gasteiger partial charge in [-0.3, -0.25) is 4.79 Å². The van der Waals surface area contributed by atoms with Crippen LogP contribution in [-0.4, -0.2) is 12.5 Å². The van der Waals surface area contributed by atoms with E-state index in [-0.39, 0.29) is 12.5 Å². The van der Waals surface area contributed by atoms with Gasteiger partial charge in [-0.1, -0.05) is 22.0 Å². The number of rotatable bonds is 4. The highest BCUT2D eigenvalue weighted by Crippen LogP contribution is 2.15. The summed E-state index contributed by atoms with van der Waals surface area (Å²) in [5, 5.41) is 5.98. The number of hydrogen-bond acceptors (Lipinski definition) is 2. The Morgan fingerprint density at radius 3 is 2.20 bits per heavy atom. The van der Waals surface area contributed by atoms with Crippen molar-refractivity contribution >= 4 is 33.2 Å². The molecule has 0 fully saturated rings.